The van der Waals surface area contributed by atoms with E-state index < -0.39 is 0 Å². The van der Waals surface area contributed by atoms with Gasteiger partial charge in [-0.1, -0.05) is 23.9 Å². The molecule has 2 amide bonds. The molecule has 30 heavy (non-hydrogen) atoms. The Kier molecular flexibility index (Phi) is 5.72. The van der Waals surface area contributed by atoms with Gasteiger partial charge in [0, 0.05) is 23.3 Å². The van der Waals surface area contributed by atoms with Crippen molar-refractivity contribution >= 4 is 35.0 Å². The molecule has 2 aromatic carbocycles. The number of hydrogen-bond acceptors (Lipinski definition) is 5. The summed E-state index contributed by atoms with van der Waals surface area (Å²) in [5.74, 6) is 0.328. The minimum Gasteiger partial charge on any atom is -0.484 e. The summed E-state index contributed by atoms with van der Waals surface area (Å²) in [7, 11) is 0. The largest absolute Gasteiger partial charge is 0.484 e. The number of pyridine rings is 1. The monoisotopic (exact) mass is 419 g/mol. The second-order valence-corrected chi connectivity index (χ2v) is 7.87. The first-order valence-electron chi connectivity index (χ1n) is 9.63. The summed E-state index contributed by atoms with van der Waals surface area (Å²) >= 11 is 1.42. The van der Waals surface area contributed by atoms with Crippen LogP contribution in [0.2, 0.25) is 0 Å². The molecule has 0 fully saturated rings. The first kappa shape index (κ1) is 20.0. The molecule has 1 aromatic heterocycles. The molecule has 1 aliphatic heterocycles. The number of benzene rings is 2. The van der Waals surface area contributed by atoms with E-state index in [4.69, 9.17) is 4.74 Å². The van der Waals surface area contributed by atoms with E-state index in [2.05, 4.69) is 10.3 Å². The van der Waals surface area contributed by atoms with E-state index in [9.17, 15) is 9.59 Å². The Morgan fingerprint density at radius 3 is 2.83 bits per heavy atom. The van der Waals surface area contributed by atoms with Gasteiger partial charge in [-0.3, -0.25) is 9.59 Å². The second kappa shape index (κ2) is 8.59. The fourth-order valence-corrected chi connectivity index (χ4v) is 4.31. The van der Waals surface area contributed by atoms with E-state index in [1.54, 1.807) is 29.3 Å². The van der Waals surface area contributed by atoms with Gasteiger partial charge in [-0.05, 0) is 61.9 Å². The van der Waals surface area contributed by atoms with Gasteiger partial charge in [-0.2, -0.15) is 0 Å². The molecule has 0 radical (unpaired) electrons. The molecule has 1 N–H and O–H groups in total. The summed E-state index contributed by atoms with van der Waals surface area (Å²) in [5, 5.41) is 3.52. The first-order valence-corrected chi connectivity index (χ1v) is 10.4. The number of fused-ring (bicyclic) bond motifs is 2. The van der Waals surface area contributed by atoms with Crippen molar-refractivity contribution in [1.82, 2.24) is 4.98 Å². The highest BCUT2D eigenvalue weighted by atomic mass is 32.2. The third-order valence-electron chi connectivity index (χ3n) is 4.66. The standard InChI is InChI=1S/C23H21N3O3S/c1-3-26-19-10-9-16(25-21(27)14-29-17-7-4-6-15(2)12-17)13-20(19)30-22-18(23(26)28)8-5-11-24-22/h4-13H,3,14H2,1-2H3,(H,25,27). The fourth-order valence-electron chi connectivity index (χ4n) is 3.26. The maximum Gasteiger partial charge on any atom is 0.262 e. The van der Waals surface area contributed by atoms with Crippen LogP contribution in [-0.2, 0) is 4.79 Å². The van der Waals surface area contributed by atoms with Crippen molar-refractivity contribution in [2.45, 2.75) is 23.8 Å². The van der Waals surface area contributed by atoms with Crippen LogP contribution in [0.5, 0.6) is 5.75 Å². The number of aromatic nitrogens is 1. The molecule has 0 saturated carbocycles. The quantitative estimate of drug-likeness (QED) is 0.657. The van der Waals surface area contributed by atoms with Crippen LogP contribution >= 0.6 is 11.8 Å². The van der Waals surface area contributed by atoms with Crippen LogP contribution in [0.3, 0.4) is 0 Å². The van der Waals surface area contributed by atoms with Crippen molar-refractivity contribution in [3.05, 3.63) is 71.9 Å². The van der Waals surface area contributed by atoms with E-state index in [-0.39, 0.29) is 18.4 Å². The van der Waals surface area contributed by atoms with Crippen molar-refractivity contribution in [3.63, 3.8) is 0 Å². The Morgan fingerprint density at radius 2 is 2.03 bits per heavy atom. The van der Waals surface area contributed by atoms with Crippen molar-refractivity contribution in [3.8, 4) is 5.75 Å². The van der Waals surface area contributed by atoms with Gasteiger partial charge in [-0.15, -0.1) is 0 Å². The Balaban J connectivity index is 1.53. The molecule has 2 heterocycles. The third kappa shape index (κ3) is 4.16. The molecular weight excluding hydrogens is 398 g/mol. The van der Waals surface area contributed by atoms with Crippen LogP contribution in [-0.4, -0.2) is 29.9 Å². The van der Waals surface area contributed by atoms with Crippen molar-refractivity contribution < 1.29 is 14.3 Å². The molecule has 6 nitrogen and oxygen atoms in total. The van der Waals surface area contributed by atoms with Crippen molar-refractivity contribution in [2.75, 3.05) is 23.4 Å². The van der Waals surface area contributed by atoms with Gasteiger partial charge in [-0.25, -0.2) is 4.98 Å². The number of rotatable bonds is 5. The fraction of sp³-hybridized carbons (Fsp3) is 0.174. The summed E-state index contributed by atoms with van der Waals surface area (Å²) in [6.45, 7) is 4.36. The normalized spacial score (nSPS) is 12.6. The smallest absolute Gasteiger partial charge is 0.262 e. The van der Waals surface area contributed by atoms with Gasteiger partial charge in [0.1, 0.15) is 10.8 Å². The lowest BCUT2D eigenvalue weighted by molar-refractivity contribution is -0.118. The molecule has 4 rings (SSSR count). The summed E-state index contributed by atoms with van der Waals surface area (Å²) < 4.78 is 5.57. The minimum atomic E-state index is -0.253. The Bertz CT molecular complexity index is 1120. The average Bonchev–Trinajstić information content (AvgIpc) is 2.86. The maximum atomic E-state index is 12.9. The lowest BCUT2D eigenvalue weighted by Gasteiger charge is -2.21. The predicted molar refractivity (Wildman–Crippen MR) is 117 cm³/mol. The Hall–Kier alpha value is -3.32. The molecule has 1 aliphatic rings. The SMILES string of the molecule is CCN1C(=O)c2cccnc2Sc2cc(NC(=O)COc3cccc(C)c3)ccc21. The zero-order chi connectivity index (χ0) is 21.1. The lowest BCUT2D eigenvalue weighted by Crippen LogP contribution is -2.30. The number of hydrogen-bond donors (Lipinski definition) is 1. The Labute approximate surface area is 179 Å². The van der Waals surface area contributed by atoms with Gasteiger partial charge in [0.05, 0.1) is 11.3 Å². The van der Waals surface area contributed by atoms with E-state index >= 15 is 0 Å². The van der Waals surface area contributed by atoms with Gasteiger partial charge >= 0.3 is 0 Å². The number of anilines is 2. The number of nitrogens with zero attached hydrogens (tertiary/aromatic N) is 2. The molecule has 3 aromatic rings. The van der Waals surface area contributed by atoms with Gasteiger partial charge in [0.15, 0.2) is 6.61 Å². The summed E-state index contributed by atoms with van der Waals surface area (Å²) in [6, 6.07) is 16.6. The van der Waals surface area contributed by atoms with Crippen LogP contribution in [0, 0.1) is 6.92 Å². The highest BCUT2D eigenvalue weighted by molar-refractivity contribution is 7.99. The number of aryl methyl sites for hydroxylation is 1. The van der Waals surface area contributed by atoms with E-state index in [1.807, 2.05) is 50.2 Å². The van der Waals surface area contributed by atoms with E-state index in [0.717, 1.165) is 16.1 Å². The lowest BCUT2D eigenvalue weighted by atomic mass is 10.2. The van der Waals surface area contributed by atoms with Crippen LogP contribution in [0.15, 0.2) is 70.7 Å². The zero-order valence-corrected chi connectivity index (χ0v) is 17.5. The summed E-state index contributed by atoms with van der Waals surface area (Å²) in [5.41, 5.74) is 3.10. The van der Waals surface area contributed by atoms with Crippen molar-refractivity contribution in [2.24, 2.45) is 0 Å². The molecule has 0 saturated heterocycles. The zero-order valence-electron chi connectivity index (χ0n) is 16.7. The van der Waals surface area contributed by atoms with Crippen LogP contribution in [0.25, 0.3) is 0 Å². The van der Waals surface area contributed by atoms with Crippen LogP contribution in [0.4, 0.5) is 11.4 Å². The summed E-state index contributed by atoms with van der Waals surface area (Å²) in [4.78, 5) is 32.2. The van der Waals surface area contributed by atoms with Crippen molar-refractivity contribution in [1.29, 1.82) is 0 Å². The van der Waals surface area contributed by atoms with Gasteiger partial charge in [0.2, 0.25) is 0 Å². The molecule has 152 valence electrons. The second-order valence-electron chi connectivity index (χ2n) is 6.84. The molecule has 7 heteroatoms. The highest BCUT2D eigenvalue weighted by Crippen LogP contribution is 2.41. The maximum absolute atomic E-state index is 12.9. The highest BCUT2D eigenvalue weighted by Gasteiger charge is 2.27. The molecular formula is C23H21N3O3S. The average molecular weight is 420 g/mol. The number of ether oxygens (including phenoxy) is 1. The van der Waals surface area contributed by atoms with Gasteiger partial charge < -0.3 is 15.0 Å². The Morgan fingerprint density at radius 1 is 1.17 bits per heavy atom. The predicted octanol–water partition coefficient (Wildman–Crippen LogP) is 4.54. The number of nitrogens with one attached hydrogen (secondary N) is 1. The van der Waals surface area contributed by atoms with Crippen LogP contribution in [0.1, 0.15) is 22.8 Å². The molecule has 0 atom stereocenters. The topological polar surface area (TPSA) is 71.5 Å². The molecule has 0 bridgehead atoms. The molecule has 0 unspecified atom stereocenters. The molecule has 0 aliphatic carbocycles. The number of carbonyl (C=O) groups excluding carboxylic acids is 2. The van der Waals surface area contributed by atoms with Crippen LogP contribution < -0.4 is 15.0 Å². The van der Waals surface area contributed by atoms with Gasteiger partial charge in [0.25, 0.3) is 11.8 Å². The number of amides is 2. The number of carbonyl (C=O) groups is 2. The first-order chi connectivity index (χ1) is 14.5. The summed E-state index contributed by atoms with van der Waals surface area (Å²) in [6.07, 6.45) is 1.68. The van der Waals surface area contributed by atoms with E-state index in [1.165, 1.54) is 11.8 Å². The minimum absolute atomic E-state index is 0.0739. The van der Waals surface area contributed by atoms with E-state index in [0.29, 0.717) is 28.6 Å². The molecule has 0 spiro atoms. The third-order valence-corrected chi connectivity index (χ3v) is 5.73.